The molecule has 1 unspecified atom stereocenters. The van der Waals surface area contributed by atoms with Gasteiger partial charge in [-0.15, -0.1) is 0 Å². The van der Waals surface area contributed by atoms with Crippen LogP contribution in [0.2, 0.25) is 0 Å². The molecule has 0 heterocycles. The lowest BCUT2D eigenvalue weighted by molar-refractivity contribution is -0.904. The molecule has 2 aromatic rings. The van der Waals surface area contributed by atoms with E-state index in [1.807, 2.05) is 6.92 Å². The van der Waals surface area contributed by atoms with E-state index in [-0.39, 0.29) is 30.6 Å². The second-order valence-electron chi connectivity index (χ2n) is 5.79. The van der Waals surface area contributed by atoms with Gasteiger partial charge < -0.3 is 15.0 Å². The highest BCUT2D eigenvalue weighted by molar-refractivity contribution is 5.76. The maximum atomic E-state index is 13.8. The molecule has 1 atom stereocenters. The molecule has 6 heteroatoms. The molecule has 0 bridgehead atoms. The average molecular weight is 349 g/mol. The van der Waals surface area contributed by atoms with Gasteiger partial charge in [-0.05, 0) is 31.2 Å². The number of amides is 1. The number of carbonyl (C=O) groups excluding carboxylic acids is 1. The van der Waals surface area contributed by atoms with Crippen LogP contribution in [-0.2, 0) is 17.9 Å². The Kier molecular flexibility index (Phi) is 6.89. The lowest BCUT2D eigenvalue weighted by Crippen LogP contribution is -3.11. The monoisotopic (exact) mass is 349 g/mol. The summed E-state index contributed by atoms with van der Waals surface area (Å²) < 4.78 is 32.2. The minimum Gasteiger partial charge on any atom is -0.494 e. The van der Waals surface area contributed by atoms with Crippen molar-refractivity contribution in [1.82, 2.24) is 5.32 Å². The van der Waals surface area contributed by atoms with Crippen molar-refractivity contribution in [1.29, 1.82) is 0 Å². The van der Waals surface area contributed by atoms with Gasteiger partial charge in [0.25, 0.3) is 5.91 Å². The first-order valence-electron chi connectivity index (χ1n) is 8.19. The van der Waals surface area contributed by atoms with Gasteiger partial charge in [-0.25, -0.2) is 8.78 Å². The zero-order chi connectivity index (χ0) is 18.2. The summed E-state index contributed by atoms with van der Waals surface area (Å²) in [6, 6.07) is 11.1. The Labute approximate surface area is 146 Å². The SMILES string of the molecule is CC[NH+](CC(=O)NCc1ccccc1F)Cc1ccc(OC)c(F)c1. The number of hydrogen-bond donors (Lipinski definition) is 2. The second-order valence-corrected chi connectivity index (χ2v) is 5.79. The maximum Gasteiger partial charge on any atom is 0.275 e. The molecular formula is C19H23F2N2O2+. The molecule has 2 aromatic carbocycles. The van der Waals surface area contributed by atoms with Crippen LogP contribution in [0.1, 0.15) is 18.1 Å². The van der Waals surface area contributed by atoms with Gasteiger partial charge in [-0.3, -0.25) is 4.79 Å². The highest BCUT2D eigenvalue weighted by Gasteiger charge is 2.15. The third kappa shape index (κ3) is 5.53. The summed E-state index contributed by atoms with van der Waals surface area (Å²) in [5.41, 5.74) is 1.24. The highest BCUT2D eigenvalue weighted by Crippen LogP contribution is 2.17. The summed E-state index contributed by atoms with van der Waals surface area (Å²) in [5.74, 6) is -0.728. The average Bonchev–Trinajstić information content (AvgIpc) is 2.60. The second kappa shape index (κ2) is 9.13. The number of halogens is 2. The van der Waals surface area contributed by atoms with Gasteiger partial charge >= 0.3 is 0 Å². The number of ether oxygens (including phenoxy) is 1. The van der Waals surface area contributed by atoms with Crippen molar-refractivity contribution in [3.05, 3.63) is 65.2 Å². The van der Waals surface area contributed by atoms with Gasteiger partial charge in [0, 0.05) is 17.7 Å². The molecule has 1 amide bonds. The van der Waals surface area contributed by atoms with E-state index < -0.39 is 5.82 Å². The molecule has 0 aliphatic rings. The lowest BCUT2D eigenvalue weighted by atomic mass is 10.2. The third-order valence-corrected chi connectivity index (χ3v) is 4.01. The number of quaternary nitrogens is 1. The first-order chi connectivity index (χ1) is 12.0. The normalized spacial score (nSPS) is 11.8. The lowest BCUT2D eigenvalue weighted by Gasteiger charge is -2.18. The van der Waals surface area contributed by atoms with Gasteiger partial charge in [-0.1, -0.05) is 18.2 Å². The minimum absolute atomic E-state index is 0.152. The van der Waals surface area contributed by atoms with Crippen LogP contribution >= 0.6 is 0 Å². The van der Waals surface area contributed by atoms with Gasteiger partial charge in [0.2, 0.25) is 0 Å². The van der Waals surface area contributed by atoms with Crippen molar-refractivity contribution in [3.63, 3.8) is 0 Å². The van der Waals surface area contributed by atoms with Crippen LogP contribution in [0.5, 0.6) is 5.75 Å². The van der Waals surface area contributed by atoms with Crippen molar-refractivity contribution >= 4 is 5.91 Å². The van der Waals surface area contributed by atoms with Crippen LogP contribution in [-0.4, -0.2) is 26.1 Å². The molecule has 0 aliphatic carbocycles. The first-order valence-corrected chi connectivity index (χ1v) is 8.19. The summed E-state index contributed by atoms with van der Waals surface area (Å²) in [4.78, 5) is 13.1. The van der Waals surface area contributed by atoms with Crippen molar-refractivity contribution in [2.24, 2.45) is 0 Å². The van der Waals surface area contributed by atoms with Crippen LogP contribution in [0.25, 0.3) is 0 Å². The van der Waals surface area contributed by atoms with Crippen LogP contribution in [0.3, 0.4) is 0 Å². The number of benzene rings is 2. The molecule has 0 aromatic heterocycles. The zero-order valence-electron chi connectivity index (χ0n) is 14.4. The van der Waals surface area contributed by atoms with Crippen molar-refractivity contribution < 1.29 is 23.2 Å². The van der Waals surface area contributed by atoms with E-state index in [1.165, 1.54) is 19.2 Å². The maximum absolute atomic E-state index is 13.8. The fourth-order valence-corrected chi connectivity index (χ4v) is 2.55. The largest absolute Gasteiger partial charge is 0.494 e. The molecule has 0 fully saturated rings. The molecule has 0 saturated carbocycles. The highest BCUT2D eigenvalue weighted by atomic mass is 19.1. The van der Waals surface area contributed by atoms with Crippen molar-refractivity contribution in [3.8, 4) is 5.75 Å². The topological polar surface area (TPSA) is 42.8 Å². The van der Waals surface area contributed by atoms with E-state index in [9.17, 15) is 13.6 Å². The Morgan fingerprint density at radius 2 is 1.92 bits per heavy atom. The number of hydrogen-bond acceptors (Lipinski definition) is 2. The third-order valence-electron chi connectivity index (χ3n) is 4.01. The fraction of sp³-hybridized carbons (Fsp3) is 0.316. The number of carbonyl (C=O) groups is 1. The molecule has 134 valence electrons. The number of rotatable bonds is 8. The molecule has 4 nitrogen and oxygen atoms in total. The van der Waals surface area contributed by atoms with Crippen LogP contribution in [0.4, 0.5) is 8.78 Å². The summed E-state index contributed by atoms with van der Waals surface area (Å²) in [7, 11) is 1.42. The standard InChI is InChI=1S/C19H22F2N2O2/c1-3-23(12-14-8-9-18(25-2)17(21)10-14)13-19(24)22-11-15-6-4-5-7-16(15)20/h4-10H,3,11-13H2,1-2H3,(H,22,24)/p+1. The Morgan fingerprint density at radius 3 is 2.56 bits per heavy atom. The number of nitrogens with one attached hydrogen (secondary N) is 2. The Balaban J connectivity index is 1.89. The van der Waals surface area contributed by atoms with E-state index in [0.717, 1.165) is 10.5 Å². The van der Waals surface area contributed by atoms with Crippen LogP contribution in [0, 0.1) is 11.6 Å². The van der Waals surface area contributed by atoms with E-state index in [2.05, 4.69) is 5.32 Å². The Bertz CT molecular complexity index is 722. The Hall–Kier alpha value is -2.47. The summed E-state index contributed by atoms with van der Waals surface area (Å²) in [5, 5.41) is 2.73. The summed E-state index contributed by atoms with van der Waals surface area (Å²) >= 11 is 0. The molecule has 0 aliphatic heterocycles. The first kappa shape index (κ1) is 18.9. The van der Waals surface area contributed by atoms with Gasteiger partial charge in [0.1, 0.15) is 12.4 Å². The van der Waals surface area contributed by atoms with E-state index in [0.29, 0.717) is 18.7 Å². The predicted octanol–water partition coefficient (Wildman–Crippen LogP) is 1.69. The van der Waals surface area contributed by atoms with E-state index in [4.69, 9.17) is 4.74 Å². The minimum atomic E-state index is -0.417. The van der Waals surface area contributed by atoms with Gasteiger partial charge in [0.15, 0.2) is 18.1 Å². The van der Waals surface area contributed by atoms with Crippen molar-refractivity contribution in [2.45, 2.75) is 20.0 Å². The summed E-state index contributed by atoms with van der Waals surface area (Å²) in [6.45, 7) is 3.57. The predicted molar refractivity (Wildman–Crippen MR) is 91.3 cm³/mol. The molecule has 0 spiro atoms. The smallest absolute Gasteiger partial charge is 0.275 e. The molecule has 2 rings (SSSR count). The van der Waals surface area contributed by atoms with E-state index in [1.54, 1.807) is 30.3 Å². The Morgan fingerprint density at radius 1 is 1.16 bits per heavy atom. The van der Waals surface area contributed by atoms with Crippen LogP contribution < -0.4 is 15.0 Å². The molecule has 25 heavy (non-hydrogen) atoms. The molecule has 0 saturated heterocycles. The fourth-order valence-electron chi connectivity index (χ4n) is 2.55. The van der Waals surface area contributed by atoms with E-state index >= 15 is 0 Å². The quantitative estimate of drug-likeness (QED) is 0.762. The number of likely N-dealkylation sites (N-methyl/N-ethyl adjacent to an activating group) is 1. The zero-order valence-corrected chi connectivity index (χ0v) is 14.4. The van der Waals surface area contributed by atoms with Crippen molar-refractivity contribution in [2.75, 3.05) is 20.2 Å². The van der Waals surface area contributed by atoms with Gasteiger partial charge in [0.05, 0.1) is 13.7 Å². The molecular weight excluding hydrogens is 326 g/mol. The van der Waals surface area contributed by atoms with Crippen LogP contribution in [0.15, 0.2) is 42.5 Å². The molecule has 2 N–H and O–H groups in total. The van der Waals surface area contributed by atoms with Gasteiger partial charge in [-0.2, -0.15) is 0 Å². The molecule has 0 radical (unpaired) electrons. The number of methoxy groups -OCH3 is 1. The summed E-state index contributed by atoms with van der Waals surface area (Å²) in [6.07, 6.45) is 0.